The van der Waals surface area contributed by atoms with Gasteiger partial charge in [-0.15, -0.1) is 10.2 Å². The minimum Gasteiger partial charge on any atom is -0.505 e. The predicted molar refractivity (Wildman–Crippen MR) is 169 cm³/mol. The number of hydrogen-bond acceptors (Lipinski definition) is 16. The third-order valence-electron chi connectivity index (χ3n) is 6.49. The largest absolute Gasteiger partial charge is 0.505 e. The van der Waals surface area contributed by atoms with E-state index in [0.29, 0.717) is 24.3 Å². The van der Waals surface area contributed by atoms with Gasteiger partial charge in [-0.1, -0.05) is 6.07 Å². The van der Waals surface area contributed by atoms with E-state index in [1.165, 1.54) is 0 Å². The molecule has 4 rings (SSSR count). The van der Waals surface area contributed by atoms with Crippen LogP contribution in [0.25, 0.3) is 21.5 Å². The van der Waals surface area contributed by atoms with Gasteiger partial charge in [0.2, 0.25) is 5.91 Å². The normalized spacial score (nSPS) is 13.0. The van der Waals surface area contributed by atoms with Gasteiger partial charge in [-0.3, -0.25) is 23.0 Å². The van der Waals surface area contributed by atoms with Crippen LogP contribution in [0.4, 0.5) is 17.1 Å². The molecule has 0 heterocycles. The molecule has 1 radical (unpaired) electrons. The van der Waals surface area contributed by atoms with Crippen molar-refractivity contribution < 1.29 is 96.6 Å². The minimum atomic E-state index is -5.35. The molecule has 1 amide bonds. The number of fused-ring (bicyclic) bond motifs is 2. The Bertz CT molecular complexity index is 2720. The van der Waals surface area contributed by atoms with Gasteiger partial charge in [0, 0.05) is 34.8 Å². The number of rotatable bonds is 11. The van der Waals surface area contributed by atoms with Gasteiger partial charge >= 0.3 is 10.4 Å². The number of phenolic OH excluding ortho intramolecular Hbond substituents is 2. The number of sulfone groups is 1. The number of anilines is 1. The molecular formula is C24H21CuN3O18S5. The van der Waals surface area contributed by atoms with E-state index < -0.39 is 133 Å². The maximum Gasteiger partial charge on any atom is 0.397 e. The summed E-state index contributed by atoms with van der Waals surface area (Å²) in [6.07, 6.45) is 0. The van der Waals surface area contributed by atoms with Gasteiger partial charge in [0.25, 0.3) is 30.4 Å². The van der Waals surface area contributed by atoms with Crippen molar-refractivity contribution in [3.8, 4) is 11.5 Å². The second kappa shape index (κ2) is 14.3. The van der Waals surface area contributed by atoms with E-state index in [-0.39, 0.29) is 22.5 Å². The van der Waals surface area contributed by atoms with E-state index in [1.807, 2.05) is 0 Å². The Morgan fingerprint density at radius 2 is 1.27 bits per heavy atom. The molecule has 0 fully saturated rings. The van der Waals surface area contributed by atoms with Crippen LogP contribution in [-0.2, 0) is 76.6 Å². The number of phenols is 2. The molecule has 21 nitrogen and oxygen atoms in total. The number of hydrogen-bond donors (Lipinski definition) is 7. The Balaban J connectivity index is 0.00000702. The molecule has 51 heavy (non-hydrogen) atoms. The summed E-state index contributed by atoms with van der Waals surface area (Å²) in [6, 6.07) is 4.96. The number of carbonyl (C=O) groups excluding carboxylic acids is 1. The fourth-order valence-corrected chi connectivity index (χ4v) is 8.07. The SMILES string of the molecule is CC(=O)Nc1cc(S(=O)(=O)O)cc2cc(S(=O)(=O)O)c(N=Nc3ccc4cc(S(=O)(=O)O)cc(S(=O)(=O)CCOS(=O)(=O)O)c4c3O)c(O)c12.[Cu]. The standard InChI is InChI=1S/C24H21N3O18S5.Cu/c1-11(28)25-17-9-14(47(33,34)35)7-13-8-19(49(39,40)41)22(24(30)20(13)17)27-26-16-3-2-12-6-15(48(36,37)38)10-18(21(12)23(16)29)46(31,32)5-4-45-50(42,43)44;/h2-3,6-10,29-30H,4-5H2,1H3,(H,25,28)(H,33,34,35)(H,36,37,38)(H,39,40,41)(H,42,43,44);. The topological polar surface area (TPSA) is 355 Å². The Morgan fingerprint density at radius 3 is 1.80 bits per heavy atom. The summed E-state index contributed by atoms with van der Waals surface area (Å²) in [5, 5.41) is 29.6. The molecule has 0 saturated heterocycles. The third kappa shape index (κ3) is 9.33. The van der Waals surface area contributed by atoms with Gasteiger partial charge in [0.15, 0.2) is 21.3 Å². The smallest absolute Gasteiger partial charge is 0.397 e. The first-order valence-electron chi connectivity index (χ1n) is 12.8. The number of carbonyl (C=O) groups is 1. The zero-order valence-electron chi connectivity index (χ0n) is 24.8. The number of nitrogens with one attached hydrogen (secondary N) is 1. The van der Waals surface area contributed by atoms with E-state index in [0.717, 1.165) is 25.1 Å². The fraction of sp³-hybridized carbons (Fsp3) is 0.125. The van der Waals surface area contributed by atoms with Crippen molar-refractivity contribution >= 4 is 95.1 Å². The van der Waals surface area contributed by atoms with Crippen LogP contribution >= 0.6 is 0 Å². The molecule has 0 aromatic heterocycles. The van der Waals surface area contributed by atoms with Gasteiger partial charge in [-0.05, 0) is 47.2 Å². The van der Waals surface area contributed by atoms with Crippen LogP contribution in [-0.4, -0.2) is 88.8 Å². The molecule has 0 aliphatic heterocycles. The number of azo groups is 1. The fourth-order valence-electron chi connectivity index (χ4n) is 4.50. The monoisotopic (exact) mass is 862 g/mol. The molecule has 281 valence electrons. The Kier molecular flexibility index (Phi) is 11.6. The van der Waals surface area contributed by atoms with Gasteiger partial charge in [-0.25, -0.2) is 12.6 Å². The molecule has 0 saturated carbocycles. The predicted octanol–water partition coefficient (Wildman–Crippen LogP) is 2.11. The zero-order valence-corrected chi connectivity index (χ0v) is 29.8. The summed E-state index contributed by atoms with van der Waals surface area (Å²) in [4.78, 5) is 7.73. The number of amides is 1. The Labute approximate surface area is 298 Å². The van der Waals surface area contributed by atoms with Crippen LogP contribution in [0.3, 0.4) is 0 Å². The van der Waals surface area contributed by atoms with E-state index in [9.17, 15) is 70.8 Å². The molecule has 0 unspecified atom stereocenters. The Morgan fingerprint density at radius 1 is 0.706 bits per heavy atom. The van der Waals surface area contributed by atoms with E-state index in [4.69, 9.17) is 4.55 Å². The first-order chi connectivity index (χ1) is 22.7. The van der Waals surface area contributed by atoms with Crippen LogP contribution < -0.4 is 5.32 Å². The summed E-state index contributed by atoms with van der Waals surface area (Å²) in [6.45, 7) is -0.210. The molecule has 0 aliphatic rings. The first kappa shape index (κ1) is 41.6. The van der Waals surface area contributed by atoms with Gasteiger partial charge < -0.3 is 15.5 Å². The van der Waals surface area contributed by atoms with Crippen molar-refractivity contribution in [3.05, 3.63) is 42.5 Å². The van der Waals surface area contributed by atoms with Crippen molar-refractivity contribution in [2.45, 2.75) is 26.5 Å². The van der Waals surface area contributed by atoms with Crippen LogP contribution in [0, 0.1) is 0 Å². The minimum absolute atomic E-state index is 0. The van der Waals surface area contributed by atoms with Crippen molar-refractivity contribution in [2.75, 3.05) is 17.7 Å². The van der Waals surface area contributed by atoms with Crippen molar-refractivity contribution in [1.82, 2.24) is 0 Å². The van der Waals surface area contributed by atoms with Crippen molar-refractivity contribution in [3.63, 3.8) is 0 Å². The molecule has 0 spiro atoms. The maximum absolute atomic E-state index is 13.2. The van der Waals surface area contributed by atoms with E-state index in [1.54, 1.807) is 0 Å². The molecule has 0 aliphatic carbocycles. The second-order valence-corrected chi connectivity index (χ2v) is 17.4. The second-order valence-electron chi connectivity index (χ2n) is 9.97. The van der Waals surface area contributed by atoms with Gasteiger partial charge in [-0.2, -0.15) is 33.7 Å². The van der Waals surface area contributed by atoms with Crippen molar-refractivity contribution in [1.29, 1.82) is 0 Å². The summed E-state index contributed by atoms with van der Waals surface area (Å²) in [5.41, 5.74) is -2.26. The molecule has 7 N–H and O–H groups in total. The zero-order chi connectivity index (χ0) is 37.8. The van der Waals surface area contributed by atoms with Crippen LogP contribution in [0.1, 0.15) is 6.92 Å². The molecule has 4 aromatic rings. The summed E-state index contributed by atoms with van der Waals surface area (Å²) in [5.74, 6) is -4.30. The maximum atomic E-state index is 13.2. The molecule has 0 atom stereocenters. The molecule has 4 aromatic carbocycles. The van der Waals surface area contributed by atoms with Crippen LogP contribution in [0.5, 0.6) is 11.5 Å². The molecule has 27 heteroatoms. The van der Waals surface area contributed by atoms with Gasteiger partial charge in [0.05, 0.1) is 32.7 Å². The summed E-state index contributed by atoms with van der Waals surface area (Å²) >= 11 is 0. The molecular weight excluding hydrogens is 842 g/mol. The van der Waals surface area contributed by atoms with Crippen LogP contribution in [0.15, 0.2) is 72.3 Å². The number of benzene rings is 4. The quantitative estimate of drug-likeness (QED) is 0.0645. The third-order valence-corrected chi connectivity index (χ3v) is 11.2. The first-order valence-corrected chi connectivity index (χ1v) is 20.1. The van der Waals surface area contributed by atoms with E-state index >= 15 is 0 Å². The van der Waals surface area contributed by atoms with Crippen molar-refractivity contribution in [2.24, 2.45) is 10.2 Å². The average Bonchev–Trinajstić information content (AvgIpc) is 2.94. The summed E-state index contributed by atoms with van der Waals surface area (Å²) < 4.78 is 162. The number of aromatic hydroxyl groups is 2. The average molecular weight is 863 g/mol. The number of nitrogens with zero attached hydrogens (tertiary/aromatic N) is 2. The van der Waals surface area contributed by atoms with E-state index in [2.05, 4.69) is 19.7 Å². The molecule has 0 bridgehead atoms. The van der Waals surface area contributed by atoms with Gasteiger partial charge in [0.1, 0.15) is 16.3 Å². The summed E-state index contributed by atoms with van der Waals surface area (Å²) in [7, 11) is -25.4. The van der Waals surface area contributed by atoms with Crippen LogP contribution in [0.2, 0.25) is 0 Å². The Hall–Kier alpha value is -3.86.